The van der Waals surface area contributed by atoms with Gasteiger partial charge in [0.25, 0.3) is 0 Å². The summed E-state index contributed by atoms with van der Waals surface area (Å²) in [6, 6.07) is 18.1. The molecule has 69 heavy (non-hydrogen) atoms. The molecule has 17 heteroatoms. The van der Waals surface area contributed by atoms with Crippen molar-refractivity contribution in [3.05, 3.63) is 112 Å². The van der Waals surface area contributed by atoms with Crippen molar-refractivity contribution in [2.75, 3.05) is 42.5 Å². The molecule has 3 saturated heterocycles. The highest BCUT2D eigenvalue weighted by Crippen LogP contribution is 2.42. The third-order valence-electron chi connectivity index (χ3n) is 14.4. The zero-order valence-corrected chi connectivity index (χ0v) is 41.2. The van der Waals surface area contributed by atoms with Crippen molar-refractivity contribution >= 4 is 56.5 Å². The number of thiophene rings is 1. The Hall–Kier alpha value is -6.30. The van der Waals surface area contributed by atoms with Gasteiger partial charge in [-0.15, -0.1) is 32.9 Å². The highest BCUT2D eigenvalue weighted by atomic mass is 32.1. The van der Waals surface area contributed by atoms with E-state index in [1.165, 1.54) is 15.3 Å². The summed E-state index contributed by atoms with van der Waals surface area (Å²) in [5.74, 6) is 1.47. The average Bonchev–Trinajstić information content (AvgIpc) is 4.19. The van der Waals surface area contributed by atoms with E-state index in [4.69, 9.17) is 14.5 Å². The molecule has 2 aromatic carbocycles. The zero-order valence-electron chi connectivity index (χ0n) is 39.6. The molecule has 3 fully saturated rings. The number of benzene rings is 2. The minimum Gasteiger partial charge on any atom is -0.507 e. The Morgan fingerprint density at radius 2 is 1.58 bits per heavy atom. The van der Waals surface area contributed by atoms with E-state index in [1.807, 2.05) is 88.1 Å². The molecule has 0 radical (unpaired) electrons. The van der Waals surface area contributed by atoms with Crippen LogP contribution in [-0.2, 0) is 9.59 Å². The maximum Gasteiger partial charge on any atom is 0.243 e. The first-order valence-electron chi connectivity index (χ1n) is 24.0. The quantitative estimate of drug-likeness (QED) is 0.105. The Balaban J connectivity index is 0.723. The van der Waals surface area contributed by atoms with Gasteiger partial charge in [-0.05, 0) is 105 Å². The summed E-state index contributed by atoms with van der Waals surface area (Å²) in [5, 5.41) is 38.8. The van der Waals surface area contributed by atoms with Crippen molar-refractivity contribution < 1.29 is 24.3 Å². The number of carbonyl (C=O) groups is 2. The minimum atomic E-state index is -0.811. The molecule has 3 aliphatic rings. The van der Waals surface area contributed by atoms with E-state index >= 15 is 0 Å². The van der Waals surface area contributed by atoms with Gasteiger partial charge in [-0.2, -0.15) is 0 Å². The van der Waals surface area contributed by atoms with Crippen LogP contribution >= 0.6 is 22.7 Å². The van der Waals surface area contributed by atoms with Crippen LogP contribution in [0.3, 0.4) is 0 Å². The molecular formula is C52H58N10O5S2. The van der Waals surface area contributed by atoms with E-state index in [9.17, 15) is 19.8 Å². The summed E-state index contributed by atoms with van der Waals surface area (Å²) in [6.45, 7) is 13.4. The Bertz CT molecular complexity index is 2940. The fourth-order valence-corrected chi connectivity index (χ4v) is 12.5. The van der Waals surface area contributed by atoms with Gasteiger partial charge in [-0.1, -0.05) is 55.4 Å². The molecule has 8 heterocycles. The predicted octanol–water partition coefficient (Wildman–Crippen LogP) is 8.93. The van der Waals surface area contributed by atoms with Crippen molar-refractivity contribution in [2.45, 2.75) is 103 Å². The fourth-order valence-electron chi connectivity index (χ4n) is 10.4. The highest BCUT2D eigenvalue weighted by Gasteiger charge is 2.44. The summed E-state index contributed by atoms with van der Waals surface area (Å²) < 4.78 is 5.92. The van der Waals surface area contributed by atoms with E-state index in [0.717, 1.165) is 95.3 Å². The lowest BCUT2D eigenvalue weighted by Crippen LogP contribution is -2.48. The number of hydrogen-bond donors (Lipinski definition) is 3. The second-order valence-electron chi connectivity index (χ2n) is 19.2. The number of rotatable bonds is 12. The number of anilines is 2. The smallest absolute Gasteiger partial charge is 0.243 e. The van der Waals surface area contributed by atoms with Crippen LogP contribution in [0.1, 0.15) is 110 Å². The molecule has 0 aliphatic carbocycles. The average molecular weight is 967 g/mol. The third kappa shape index (κ3) is 9.43. The van der Waals surface area contributed by atoms with E-state index < -0.39 is 18.1 Å². The number of β-amino-alcohol motifs (C(OH)–C–C–N with tert-alkyl or cyclic N) is 1. The van der Waals surface area contributed by atoms with Crippen LogP contribution in [0.5, 0.6) is 5.75 Å². The van der Waals surface area contributed by atoms with Crippen molar-refractivity contribution in [2.24, 2.45) is 5.92 Å². The fraction of sp³-hybridized carbons (Fsp3) is 0.423. The number of carbonyl (C=O) groups excluding carboxylic acids is 2. The van der Waals surface area contributed by atoms with Crippen molar-refractivity contribution in [3.63, 3.8) is 0 Å². The zero-order chi connectivity index (χ0) is 47.9. The lowest BCUT2D eigenvalue weighted by molar-refractivity contribution is -0.141. The number of piperidine rings is 2. The number of aliphatic hydroxyl groups excluding tert-OH is 1. The molecular weight excluding hydrogens is 909 g/mol. The first-order valence-corrected chi connectivity index (χ1v) is 25.7. The number of nitrogens with zero attached hydrogens (tertiary/aromatic N) is 9. The first kappa shape index (κ1) is 46.4. The Labute approximate surface area is 409 Å². The number of aromatic hydroxyl groups is 1. The molecule has 0 bridgehead atoms. The molecule has 15 nitrogen and oxygen atoms in total. The Morgan fingerprint density at radius 3 is 2.28 bits per heavy atom. The molecule has 0 unspecified atom stereocenters. The van der Waals surface area contributed by atoms with Crippen LogP contribution in [0.2, 0.25) is 0 Å². The monoisotopic (exact) mass is 966 g/mol. The summed E-state index contributed by atoms with van der Waals surface area (Å²) in [5.41, 5.74) is 8.57. The Morgan fingerprint density at radius 1 is 0.870 bits per heavy atom. The van der Waals surface area contributed by atoms with Crippen LogP contribution in [-0.4, -0.2) is 102 Å². The number of hydrogen-bond acceptors (Lipinski definition) is 15. The molecule has 358 valence electrons. The normalized spacial score (nSPS) is 19.1. The van der Waals surface area contributed by atoms with Crippen LogP contribution < -0.4 is 15.1 Å². The molecule has 5 aromatic heterocycles. The maximum absolute atomic E-state index is 14.4. The van der Waals surface area contributed by atoms with Gasteiger partial charge in [0, 0.05) is 73.4 Å². The number of phenolic OH excluding ortho intramolecular Hbond substituents is 1. The number of amides is 2. The summed E-state index contributed by atoms with van der Waals surface area (Å²) >= 11 is 3.33. The molecule has 0 saturated carbocycles. The van der Waals surface area contributed by atoms with Gasteiger partial charge in [0.1, 0.15) is 22.5 Å². The standard InChI is InChI=1S/C52H58N10O5S2/c1-29(2)46(51(66)62-27-38(63)22-42(62)49(65)56-31(4)33-10-12-35(13-11-33)48-32(5)55-28-68-48)44-24-45(59-67-44)60-18-14-34(15-19-60)37-25-53-52(54-26-37)61-20-16-36(17-21-61)47-30(3)40-23-41(57-58-50(40)69-47)39-8-6-7-9-43(39)64/h6-13,23-26,28-29,31,34,36,38,42,46,63-64H,14-22,27H2,1-5H3,(H,56,65)/t31-,38+,42-,46+/m0/s1. The van der Waals surface area contributed by atoms with Crippen LogP contribution in [0.25, 0.3) is 31.9 Å². The largest absolute Gasteiger partial charge is 0.507 e. The number of likely N-dealkylation sites (tertiary alicyclic amines) is 1. The van der Waals surface area contributed by atoms with Crippen molar-refractivity contribution in [3.8, 4) is 27.4 Å². The van der Waals surface area contributed by atoms with Gasteiger partial charge in [0.05, 0.1) is 33.9 Å². The number of fused-ring (bicyclic) bond motifs is 1. The van der Waals surface area contributed by atoms with Crippen LogP contribution in [0.15, 0.2) is 83.1 Å². The maximum atomic E-state index is 14.4. The van der Waals surface area contributed by atoms with E-state index in [1.54, 1.807) is 34.8 Å². The SMILES string of the molecule is Cc1ncsc1-c1ccc([C@H](C)NC(=O)[C@@H]2C[C@@H](O)CN2C(=O)[C@@H](c2cc(N3CCC(c4cnc(N5CCC(c6sc7nnc(-c8ccccc8O)cc7c6C)CC5)nc4)CC3)no2)C(C)C)cc1. The van der Waals surface area contributed by atoms with Crippen LogP contribution in [0.4, 0.5) is 11.8 Å². The minimum absolute atomic E-state index is 0.0730. The molecule has 2 amide bonds. The number of aromatic nitrogens is 6. The highest BCUT2D eigenvalue weighted by molar-refractivity contribution is 7.19. The number of para-hydroxylation sites is 1. The van der Waals surface area contributed by atoms with Gasteiger partial charge in [-0.25, -0.2) is 15.0 Å². The number of phenols is 1. The van der Waals surface area contributed by atoms with E-state index in [-0.39, 0.29) is 42.5 Å². The van der Waals surface area contributed by atoms with E-state index in [2.05, 4.69) is 48.4 Å². The second-order valence-corrected chi connectivity index (χ2v) is 21.1. The molecule has 4 atom stereocenters. The summed E-state index contributed by atoms with van der Waals surface area (Å²) in [6.07, 6.45) is 7.12. The lowest BCUT2D eigenvalue weighted by Gasteiger charge is -2.33. The van der Waals surface area contributed by atoms with E-state index in [0.29, 0.717) is 34.7 Å². The van der Waals surface area contributed by atoms with Gasteiger partial charge >= 0.3 is 0 Å². The summed E-state index contributed by atoms with van der Waals surface area (Å²) in [4.78, 5) is 51.6. The van der Waals surface area contributed by atoms with Gasteiger partial charge < -0.3 is 34.8 Å². The van der Waals surface area contributed by atoms with Gasteiger partial charge in [0.15, 0.2) is 11.6 Å². The molecule has 7 aromatic rings. The lowest BCUT2D eigenvalue weighted by atomic mass is 9.90. The van der Waals surface area contributed by atoms with Gasteiger partial charge in [0.2, 0.25) is 17.8 Å². The molecule has 0 spiro atoms. The molecule has 10 rings (SSSR count). The number of thiazole rings is 1. The molecule has 3 aliphatic heterocycles. The second kappa shape index (κ2) is 19.6. The topological polar surface area (TPSA) is 187 Å². The Kier molecular flexibility index (Phi) is 13.2. The first-order chi connectivity index (χ1) is 33.4. The number of nitrogens with one attached hydrogen (secondary N) is 1. The molecule has 3 N–H and O–H groups in total. The number of aliphatic hydroxyl groups is 1. The summed E-state index contributed by atoms with van der Waals surface area (Å²) in [7, 11) is 0. The predicted molar refractivity (Wildman–Crippen MR) is 269 cm³/mol. The van der Waals surface area contributed by atoms with Crippen molar-refractivity contribution in [1.29, 1.82) is 0 Å². The van der Waals surface area contributed by atoms with Crippen LogP contribution in [0, 0.1) is 19.8 Å². The van der Waals surface area contributed by atoms with Crippen molar-refractivity contribution in [1.82, 2.24) is 40.5 Å². The van der Waals surface area contributed by atoms with Gasteiger partial charge in [-0.3, -0.25) is 9.59 Å². The third-order valence-corrected chi connectivity index (χ3v) is 16.7. The number of aryl methyl sites for hydroxylation is 2.